The van der Waals surface area contributed by atoms with E-state index in [1.54, 1.807) is 21.1 Å². The van der Waals surface area contributed by atoms with E-state index in [0.717, 1.165) is 25.1 Å². The highest BCUT2D eigenvalue weighted by Gasteiger charge is 2.26. The summed E-state index contributed by atoms with van der Waals surface area (Å²) in [6, 6.07) is 4.22. The minimum atomic E-state index is 0.155. The number of piperidine rings is 1. The summed E-state index contributed by atoms with van der Waals surface area (Å²) in [5.41, 5.74) is 1.05. The van der Waals surface area contributed by atoms with Crippen molar-refractivity contribution in [2.24, 2.45) is 5.92 Å². The lowest BCUT2D eigenvalue weighted by atomic mass is 9.93. The van der Waals surface area contributed by atoms with Crippen LogP contribution in [0.1, 0.15) is 25.8 Å². The Morgan fingerprint density at radius 1 is 1.39 bits per heavy atom. The zero-order valence-electron chi connectivity index (χ0n) is 14.2. The quantitative estimate of drug-likeness (QED) is 0.895. The second-order valence-corrected chi connectivity index (χ2v) is 6.44. The molecule has 23 heavy (non-hydrogen) atoms. The number of hydrogen-bond donors (Lipinski definition) is 1. The zero-order chi connectivity index (χ0) is 17.0. The lowest BCUT2D eigenvalue weighted by Gasteiger charge is -2.37. The number of rotatable bonds is 5. The van der Waals surface area contributed by atoms with Gasteiger partial charge in [-0.15, -0.1) is 0 Å². The second kappa shape index (κ2) is 7.88. The molecule has 1 N–H and O–H groups in total. The van der Waals surface area contributed by atoms with Crippen LogP contribution < -0.4 is 14.8 Å². The summed E-state index contributed by atoms with van der Waals surface area (Å²) >= 11 is 6.24. The van der Waals surface area contributed by atoms with E-state index in [4.69, 9.17) is 21.1 Å². The molecule has 0 bridgehead atoms. The van der Waals surface area contributed by atoms with Gasteiger partial charge in [0.25, 0.3) is 0 Å². The number of nitrogens with one attached hydrogen (secondary N) is 1. The van der Waals surface area contributed by atoms with Crippen LogP contribution in [0.3, 0.4) is 0 Å². The van der Waals surface area contributed by atoms with Crippen LogP contribution in [0, 0.1) is 5.92 Å². The maximum absolute atomic E-state index is 11.5. The van der Waals surface area contributed by atoms with E-state index in [0.29, 0.717) is 35.0 Å². The number of carbonyl (C=O) groups is 1. The van der Waals surface area contributed by atoms with Crippen LogP contribution in [0.4, 0.5) is 0 Å². The molecule has 0 saturated carbocycles. The Kier molecular flexibility index (Phi) is 6.13. The molecule has 0 aromatic heterocycles. The SMILES string of the molecule is COc1cc(CN[C@H]2CCN(C(C)=O)C[C@H]2C)cc(Cl)c1OC. The van der Waals surface area contributed by atoms with Crippen LogP contribution in [-0.4, -0.2) is 44.2 Å². The Bertz CT molecular complexity index is 565. The maximum atomic E-state index is 11.5. The van der Waals surface area contributed by atoms with Gasteiger partial charge in [0.2, 0.25) is 5.91 Å². The standard InChI is InChI=1S/C17H25ClN2O3/c1-11-10-20(12(2)21)6-5-15(11)19-9-13-7-14(18)17(23-4)16(8-13)22-3/h7-8,11,15,19H,5-6,9-10H2,1-4H3/t11-,15+/m1/s1. The van der Waals surface area contributed by atoms with Gasteiger partial charge in [-0.25, -0.2) is 0 Å². The Labute approximate surface area is 142 Å². The molecule has 5 nitrogen and oxygen atoms in total. The molecule has 1 saturated heterocycles. The van der Waals surface area contributed by atoms with Crippen molar-refractivity contribution in [1.82, 2.24) is 10.2 Å². The van der Waals surface area contributed by atoms with Gasteiger partial charge >= 0.3 is 0 Å². The van der Waals surface area contributed by atoms with Gasteiger partial charge in [-0.3, -0.25) is 4.79 Å². The molecule has 6 heteroatoms. The molecule has 0 radical (unpaired) electrons. The van der Waals surface area contributed by atoms with Gasteiger partial charge < -0.3 is 19.7 Å². The van der Waals surface area contributed by atoms with Crippen LogP contribution in [-0.2, 0) is 11.3 Å². The van der Waals surface area contributed by atoms with E-state index in [-0.39, 0.29) is 5.91 Å². The lowest BCUT2D eigenvalue weighted by molar-refractivity contribution is -0.130. The lowest BCUT2D eigenvalue weighted by Crippen LogP contribution is -2.49. The minimum absolute atomic E-state index is 0.155. The second-order valence-electron chi connectivity index (χ2n) is 6.03. The van der Waals surface area contributed by atoms with Crippen LogP contribution in [0.2, 0.25) is 5.02 Å². The summed E-state index contributed by atoms with van der Waals surface area (Å²) in [7, 11) is 3.18. The number of carbonyl (C=O) groups excluding carboxylic acids is 1. The molecular weight excluding hydrogens is 316 g/mol. The smallest absolute Gasteiger partial charge is 0.219 e. The number of benzene rings is 1. The molecule has 1 aliphatic rings. The van der Waals surface area contributed by atoms with Crippen LogP contribution in [0.15, 0.2) is 12.1 Å². The van der Waals surface area contributed by atoms with Crippen molar-refractivity contribution in [2.75, 3.05) is 27.3 Å². The Morgan fingerprint density at radius 2 is 2.13 bits per heavy atom. The van der Waals surface area contributed by atoms with Crippen molar-refractivity contribution >= 4 is 17.5 Å². The summed E-state index contributed by atoms with van der Waals surface area (Å²) in [5.74, 6) is 1.77. The third-order valence-corrected chi connectivity index (χ3v) is 4.69. The molecule has 1 aromatic rings. The molecule has 2 rings (SSSR count). The van der Waals surface area contributed by atoms with Gasteiger partial charge in [-0.2, -0.15) is 0 Å². The first-order chi connectivity index (χ1) is 11.0. The summed E-state index contributed by atoms with van der Waals surface area (Å²) in [4.78, 5) is 13.4. The van der Waals surface area contributed by atoms with E-state index in [1.165, 1.54) is 0 Å². The van der Waals surface area contributed by atoms with Crippen molar-refractivity contribution < 1.29 is 14.3 Å². The first-order valence-corrected chi connectivity index (χ1v) is 8.23. The highest BCUT2D eigenvalue weighted by molar-refractivity contribution is 6.32. The van der Waals surface area contributed by atoms with Crippen molar-refractivity contribution in [3.8, 4) is 11.5 Å². The molecule has 0 aliphatic carbocycles. The molecule has 1 aromatic carbocycles. The summed E-state index contributed by atoms with van der Waals surface area (Å²) in [5, 5.41) is 4.11. The molecular formula is C17H25ClN2O3. The number of nitrogens with zero attached hydrogens (tertiary/aromatic N) is 1. The van der Waals surface area contributed by atoms with E-state index >= 15 is 0 Å². The molecule has 0 spiro atoms. The van der Waals surface area contributed by atoms with Crippen LogP contribution in [0.25, 0.3) is 0 Å². The predicted molar refractivity (Wildman–Crippen MR) is 91.2 cm³/mol. The largest absolute Gasteiger partial charge is 0.493 e. The molecule has 1 heterocycles. The van der Waals surface area contributed by atoms with Gasteiger partial charge in [0.15, 0.2) is 11.5 Å². The molecule has 128 valence electrons. The number of methoxy groups -OCH3 is 2. The third-order valence-electron chi connectivity index (χ3n) is 4.41. The van der Waals surface area contributed by atoms with Gasteiger partial charge in [-0.05, 0) is 30.0 Å². The fourth-order valence-corrected chi connectivity index (χ4v) is 3.37. The normalized spacial score (nSPS) is 21.2. The fourth-order valence-electron chi connectivity index (χ4n) is 3.06. The van der Waals surface area contributed by atoms with Crippen molar-refractivity contribution in [3.63, 3.8) is 0 Å². The van der Waals surface area contributed by atoms with Gasteiger partial charge in [0.05, 0.1) is 19.2 Å². The van der Waals surface area contributed by atoms with E-state index in [1.807, 2.05) is 17.0 Å². The summed E-state index contributed by atoms with van der Waals surface area (Å²) in [6.07, 6.45) is 0.960. The first-order valence-electron chi connectivity index (χ1n) is 7.85. The Morgan fingerprint density at radius 3 is 2.70 bits per heavy atom. The van der Waals surface area contributed by atoms with Crippen LogP contribution >= 0.6 is 11.6 Å². The predicted octanol–water partition coefficient (Wildman–Crippen LogP) is 2.70. The number of hydrogen-bond acceptors (Lipinski definition) is 4. The number of halogens is 1. The number of likely N-dealkylation sites (tertiary alicyclic amines) is 1. The first kappa shape index (κ1) is 17.9. The Hall–Kier alpha value is -1.46. The average Bonchev–Trinajstić information content (AvgIpc) is 2.52. The monoisotopic (exact) mass is 340 g/mol. The number of ether oxygens (including phenoxy) is 2. The molecule has 1 aliphatic heterocycles. The molecule has 1 fully saturated rings. The Balaban J connectivity index is 1.99. The van der Waals surface area contributed by atoms with E-state index < -0.39 is 0 Å². The number of amides is 1. The van der Waals surface area contributed by atoms with Gasteiger partial charge in [0, 0.05) is 32.6 Å². The zero-order valence-corrected chi connectivity index (χ0v) is 14.9. The molecule has 2 atom stereocenters. The third kappa shape index (κ3) is 4.30. The van der Waals surface area contributed by atoms with Gasteiger partial charge in [-0.1, -0.05) is 18.5 Å². The average molecular weight is 341 g/mol. The van der Waals surface area contributed by atoms with E-state index in [2.05, 4.69) is 12.2 Å². The molecule has 1 amide bonds. The fraction of sp³-hybridized carbons (Fsp3) is 0.588. The highest BCUT2D eigenvalue weighted by atomic mass is 35.5. The van der Waals surface area contributed by atoms with Crippen molar-refractivity contribution in [3.05, 3.63) is 22.7 Å². The maximum Gasteiger partial charge on any atom is 0.219 e. The van der Waals surface area contributed by atoms with Crippen molar-refractivity contribution in [1.29, 1.82) is 0 Å². The van der Waals surface area contributed by atoms with Crippen molar-refractivity contribution in [2.45, 2.75) is 32.9 Å². The van der Waals surface area contributed by atoms with Crippen LogP contribution in [0.5, 0.6) is 11.5 Å². The summed E-state index contributed by atoms with van der Waals surface area (Å²) < 4.78 is 10.6. The summed E-state index contributed by atoms with van der Waals surface area (Å²) in [6.45, 7) is 6.12. The highest BCUT2D eigenvalue weighted by Crippen LogP contribution is 2.36. The van der Waals surface area contributed by atoms with E-state index in [9.17, 15) is 4.79 Å². The molecule has 0 unspecified atom stereocenters. The minimum Gasteiger partial charge on any atom is -0.493 e. The van der Waals surface area contributed by atoms with Gasteiger partial charge in [0.1, 0.15) is 0 Å². The topological polar surface area (TPSA) is 50.8 Å².